The molecule has 0 saturated carbocycles. The van der Waals surface area contributed by atoms with Crippen LogP contribution in [-0.4, -0.2) is 29.3 Å². The highest BCUT2D eigenvalue weighted by atomic mass is 16.5. The van der Waals surface area contributed by atoms with Gasteiger partial charge in [0, 0.05) is 6.42 Å². The van der Waals surface area contributed by atoms with Crippen molar-refractivity contribution in [3.05, 3.63) is 29.3 Å². The number of aromatic carboxylic acids is 1. The van der Waals surface area contributed by atoms with Crippen LogP contribution in [0.15, 0.2) is 18.2 Å². The van der Waals surface area contributed by atoms with Gasteiger partial charge in [-0.25, -0.2) is 4.79 Å². The molecule has 0 bridgehead atoms. The van der Waals surface area contributed by atoms with Gasteiger partial charge in [0.05, 0.1) is 7.11 Å². The number of methoxy groups -OCH3 is 1. The maximum Gasteiger partial charge on any atom is 0.339 e. The van der Waals surface area contributed by atoms with Crippen molar-refractivity contribution in [3.63, 3.8) is 0 Å². The Morgan fingerprint density at radius 3 is 2.53 bits per heavy atom. The predicted octanol–water partition coefficient (Wildman–Crippen LogP) is 1.80. The van der Waals surface area contributed by atoms with E-state index in [4.69, 9.17) is 14.9 Å². The Morgan fingerprint density at radius 2 is 2.00 bits per heavy atom. The summed E-state index contributed by atoms with van der Waals surface area (Å²) in [4.78, 5) is 21.3. The number of ether oxygens (including phenoxy) is 1. The summed E-state index contributed by atoms with van der Waals surface area (Å²) < 4.78 is 4.93. The van der Waals surface area contributed by atoms with Gasteiger partial charge in [0.1, 0.15) is 11.3 Å². The lowest BCUT2D eigenvalue weighted by molar-refractivity contribution is -0.137. The monoisotopic (exact) mass is 238 g/mol. The summed E-state index contributed by atoms with van der Waals surface area (Å²) in [7, 11) is 1.41. The van der Waals surface area contributed by atoms with E-state index in [0.717, 1.165) is 5.56 Å². The van der Waals surface area contributed by atoms with Gasteiger partial charge in [-0.05, 0) is 30.5 Å². The topological polar surface area (TPSA) is 83.8 Å². The second-order valence-corrected chi connectivity index (χ2v) is 3.59. The molecule has 0 heterocycles. The highest BCUT2D eigenvalue weighted by Gasteiger charge is 2.11. The molecule has 5 heteroatoms. The van der Waals surface area contributed by atoms with Crippen molar-refractivity contribution in [3.8, 4) is 5.75 Å². The number of aliphatic carboxylic acids is 1. The van der Waals surface area contributed by atoms with Gasteiger partial charge < -0.3 is 14.9 Å². The molecule has 0 aliphatic rings. The number of carboxylic acids is 2. The molecule has 0 spiro atoms. The zero-order chi connectivity index (χ0) is 12.8. The summed E-state index contributed by atoms with van der Waals surface area (Å²) in [6, 6.07) is 4.84. The minimum atomic E-state index is -1.05. The van der Waals surface area contributed by atoms with E-state index < -0.39 is 11.9 Å². The zero-order valence-electron chi connectivity index (χ0n) is 9.47. The van der Waals surface area contributed by atoms with Crippen LogP contribution in [0.25, 0.3) is 0 Å². The van der Waals surface area contributed by atoms with Crippen LogP contribution >= 0.6 is 0 Å². The van der Waals surface area contributed by atoms with Gasteiger partial charge in [0.25, 0.3) is 0 Å². The third-order valence-corrected chi connectivity index (χ3v) is 2.35. The molecule has 0 unspecified atom stereocenters. The molecular formula is C12H14O5. The van der Waals surface area contributed by atoms with Gasteiger partial charge in [-0.3, -0.25) is 4.79 Å². The molecule has 2 N–H and O–H groups in total. The lowest BCUT2D eigenvalue weighted by Gasteiger charge is -2.07. The first kappa shape index (κ1) is 13.0. The van der Waals surface area contributed by atoms with E-state index in [-0.39, 0.29) is 12.0 Å². The van der Waals surface area contributed by atoms with E-state index >= 15 is 0 Å². The predicted molar refractivity (Wildman–Crippen MR) is 60.5 cm³/mol. The number of carbonyl (C=O) groups is 2. The molecule has 17 heavy (non-hydrogen) atoms. The number of benzene rings is 1. The van der Waals surface area contributed by atoms with Gasteiger partial charge in [0.15, 0.2) is 0 Å². The van der Waals surface area contributed by atoms with Crippen LogP contribution in [0.2, 0.25) is 0 Å². The summed E-state index contributed by atoms with van der Waals surface area (Å²) in [5, 5.41) is 17.5. The van der Waals surface area contributed by atoms with Crippen LogP contribution in [-0.2, 0) is 11.2 Å². The van der Waals surface area contributed by atoms with Crippen LogP contribution in [0.5, 0.6) is 5.75 Å². The Balaban J connectivity index is 2.78. The fourth-order valence-corrected chi connectivity index (χ4v) is 1.52. The van der Waals surface area contributed by atoms with Gasteiger partial charge >= 0.3 is 11.9 Å². The smallest absolute Gasteiger partial charge is 0.339 e. The van der Waals surface area contributed by atoms with Crippen molar-refractivity contribution in [1.82, 2.24) is 0 Å². The van der Waals surface area contributed by atoms with Crippen molar-refractivity contribution in [2.45, 2.75) is 19.3 Å². The lowest BCUT2D eigenvalue weighted by atomic mass is 10.0. The van der Waals surface area contributed by atoms with E-state index in [1.54, 1.807) is 12.1 Å². The van der Waals surface area contributed by atoms with Gasteiger partial charge in [0.2, 0.25) is 0 Å². The number of rotatable bonds is 6. The molecule has 0 saturated heterocycles. The molecule has 0 fully saturated rings. The fraction of sp³-hybridized carbons (Fsp3) is 0.333. The van der Waals surface area contributed by atoms with Crippen LogP contribution < -0.4 is 4.74 Å². The summed E-state index contributed by atoms with van der Waals surface area (Å²) in [6.07, 6.45) is 1.10. The minimum Gasteiger partial charge on any atom is -0.496 e. The molecule has 1 aromatic carbocycles. The molecule has 5 nitrogen and oxygen atoms in total. The van der Waals surface area contributed by atoms with Crippen LogP contribution in [0.1, 0.15) is 28.8 Å². The average molecular weight is 238 g/mol. The highest BCUT2D eigenvalue weighted by Crippen LogP contribution is 2.20. The van der Waals surface area contributed by atoms with E-state index in [9.17, 15) is 9.59 Å². The molecule has 92 valence electrons. The Hall–Kier alpha value is -2.04. The summed E-state index contributed by atoms with van der Waals surface area (Å²) in [5.41, 5.74) is 0.893. The lowest BCUT2D eigenvalue weighted by Crippen LogP contribution is -2.02. The third-order valence-electron chi connectivity index (χ3n) is 2.35. The maximum absolute atomic E-state index is 10.9. The molecule has 0 aromatic heterocycles. The zero-order valence-corrected chi connectivity index (χ0v) is 9.47. The number of aryl methyl sites for hydroxylation is 1. The first-order valence-electron chi connectivity index (χ1n) is 5.16. The Kier molecular flexibility index (Phi) is 4.51. The number of hydrogen-bond donors (Lipinski definition) is 2. The Bertz CT molecular complexity index is 425. The molecule has 0 amide bonds. The molecular weight excluding hydrogens is 224 g/mol. The van der Waals surface area contributed by atoms with Crippen molar-refractivity contribution >= 4 is 11.9 Å². The Morgan fingerprint density at radius 1 is 1.29 bits per heavy atom. The average Bonchev–Trinajstić information content (AvgIpc) is 2.28. The summed E-state index contributed by atoms with van der Waals surface area (Å²) in [5.74, 6) is -1.60. The molecule has 1 rings (SSSR count). The van der Waals surface area contributed by atoms with Crippen molar-refractivity contribution in [2.75, 3.05) is 7.11 Å². The number of carboxylic acid groups (broad SMARTS) is 2. The third kappa shape index (κ3) is 3.79. The highest BCUT2D eigenvalue weighted by molar-refractivity contribution is 5.91. The van der Waals surface area contributed by atoms with Crippen molar-refractivity contribution in [2.24, 2.45) is 0 Å². The second-order valence-electron chi connectivity index (χ2n) is 3.59. The summed E-state index contributed by atoms with van der Waals surface area (Å²) in [6.45, 7) is 0. The van der Waals surface area contributed by atoms with Gasteiger partial charge in [-0.1, -0.05) is 6.07 Å². The molecule has 0 atom stereocenters. The maximum atomic E-state index is 10.9. The quantitative estimate of drug-likeness (QED) is 0.789. The molecule has 0 aliphatic carbocycles. The second kappa shape index (κ2) is 5.89. The van der Waals surface area contributed by atoms with E-state index in [1.165, 1.54) is 13.2 Å². The van der Waals surface area contributed by atoms with E-state index in [1.807, 2.05) is 0 Å². The van der Waals surface area contributed by atoms with E-state index in [0.29, 0.717) is 18.6 Å². The van der Waals surface area contributed by atoms with Crippen molar-refractivity contribution < 1.29 is 24.5 Å². The standard InChI is InChI=1S/C12H14O5/c1-17-10-6-5-8(3-2-4-11(13)14)7-9(10)12(15)16/h5-7H,2-4H2,1H3,(H,13,14)(H,15,16). The van der Waals surface area contributed by atoms with Crippen LogP contribution in [0.3, 0.4) is 0 Å². The molecule has 1 aromatic rings. The summed E-state index contributed by atoms with van der Waals surface area (Å²) >= 11 is 0. The Labute approximate surface area is 98.6 Å². The van der Waals surface area contributed by atoms with E-state index in [2.05, 4.69) is 0 Å². The SMILES string of the molecule is COc1ccc(CCCC(=O)O)cc1C(=O)O. The first-order chi connectivity index (χ1) is 8.04. The normalized spacial score (nSPS) is 9.94. The van der Waals surface area contributed by atoms with Crippen molar-refractivity contribution in [1.29, 1.82) is 0 Å². The fourth-order valence-electron chi connectivity index (χ4n) is 1.52. The van der Waals surface area contributed by atoms with Gasteiger partial charge in [-0.15, -0.1) is 0 Å². The molecule has 0 aliphatic heterocycles. The van der Waals surface area contributed by atoms with Gasteiger partial charge in [-0.2, -0.15) is 0 Å². The first-order valence-corrected chi connectivity index (χ1v) is 5.16. The number of hydrogen-bond acceptors (Lipinski definition) is 3. The molecule has 0 radical (unpaired) electrons. The minimum absolute atomic E-state index is 0.0778. The largest absolute Gasteiger partial charge is 0.496 e. The van der Waals surface area contributed by atoms with Crippen LogP contribution in [0, 0.1) is 0 Å². The van der Waals surface area contributed by atoms with Crippen LogP contribution in [0.4, 0.5) is 0 Å².